The third-order valence-corrected chi connectivity index (χ3v) is 4.00. The molecular weight excluding hydrogens is 194 g/mol. The lowest BCUT2D eigenvalue weighted by molar-refractivity contribution is 0.475. The highest BCUT2D eigenvalue weighted by Crippen LogP contribution is 2.31. The average Bonchev–Trinajstić information content (AvgIpc) is 2.62. The predicted molar refractivity (Wildman–Crippen MR) is 61.7 cm³/mol. The first-order valence-corrected chi connectivity index (χ1v) is 5.99. The number of aromatic hydroxyl groups is 1. The zero-order valence-electron chi connectivity index (χ0n) is 8.07. The van der Waals surface area contributed by atoms with Crippen molar-refractivity contribution in [3.8, 4) is 5.75 Å². The van der Waals surface area contributed by atoms with E-state index in [-0.39, 0.29) is 5.75 Å². The van der Waals surface area contributed by atoms with Crippen molar-refractivity contribution in [1.82, 2.24) is 0 Å². The van der Waals surface area contributed by atoms with E-state index in [9.17, 15) is 5.11 Å². The van der Waals surface area contributed by atoms with Gasteiger partial charge in [-0.15, -0.1) is 0 Å². The van der Waals surface area contributed by atoms with Crippen molar-refractivity contribution in [2.24, 2.45) is 0 Å². The van der Waals surface area contributed by atoms with Crippen molar-refractivity contribution >= 4 is 17.4 Å². The smallest absolute Gasteiger partial charge is 0.117 e. The second-order valence-corrected chi connectivity index (χ2v) is 5.13. The van der Waals surface area contributed by atoms with Crippen LogP contribution in [0.15, 0.2) is 18.2 Å². The molecule has 0 aliphatic carbocycles. The van der Waals surface area contributed by atoms with Crippen molar-refractivity contribution in [2.75, 3.05) is 11.5 Å². The highest BCUT2D eigenvalue weighted by Gasteiger charge is 2.16. The van der Waals surface area contributed by atoms with Gasteiger partial charge in [0.1, 0.15) is 5.75 Å². The van der Waals surface area contributed by atoms with Crippen LogP contribution < -0.4 is 5.73 Å². The van der Waals surface area contributed by atoms with Gasteiger partial charge in [0.15, 0.2) is 0 Å². The van der Waals surface area contributed by atoms with E-state index in [2.05, 4.69) is 0 Å². The summed E-state index contributed by atoms with van der Waals surface area (Å²) >= 11 is 2.03. The van der Waals surface area contributed by atoms with Gasteiger partial charge < -0.3 is 10.8 Å². The van der Waals surface area contributed by atoms with Gasteiger partial charge in [0, 0.05) is 17.0 Å². The van der Waals surface area contributed by atoms with Gasteiger partial charge in [-0.05, 0) is 36.6 Å². The van der Waals surface area contributed by atoms with Crippen LogP contribution in [0.4, 0.5) is 5.69 Å². The van der Waals surface area contributed by atoms with Gasteiger partial charge in [-0.25, -0.2) is 0 Å². The highest BCUT2D eigenvalue weighted by molar-refractivity contribution is 8.00. The third kappa shape index (κ3) is 2.15. The lowest BCUT2D eigenvalue weighted by atomic mass is 10.1. The molecule has 14 heavy (non-hydrogen) atoms. The molecule has 1 aliphatic rings. The summed E-state index contributed by atoms with van der Waals surface area (Å²) in [6.45, 7) is 0. The number of hydrogen-bond acceptors (Lipinski definition) is 3. The number of anilines is 1. The summed E-state index contributed by atoms with van der Waals surface area (Å²) in [6, 6.07) is 5.28. The van der Waals surface area contributed by atoms with Crippen molar-refractivity contribution in [1.29, 1.82) is 0 Å². The normalized spacial score (nSPS) is 21.3. The Balaban J connectivity index is 2.08. The zero-order valence-corrected chi connectivity index (χ0v) is 8.89. The van der Waals surface area contributed by atoms with Crippen LogP contribution in [-0.4, -0.2) is 16.1 Å². The van der Waals surface area contributed by atoms with E-state index in [1.54, 1.807) is 12.1 Å². The summed E-state index contributed by atoms with van der Waals surface area (Å²) in [7, 11) is 0. The molecule has 0 saturated carbocycles. The molecule has 1 unspecified atom stereocenters. The molecule has 76 valence electrons. The molecule has 1 aromatic carbocycles. The van der Waals surface area contributed by atoms with Crippen LogP contribution in [0.3, 0.4) is 0 Å². The lowest BCUT2D eigenvalue weighted by Gasteiger charge is -2.10. The molecule has 3 N–H and O–H groups in total. The monoisotopic (exact) mass is 209 g/mol. The fraction of sp³-hybridized carbons (Fsp3) is 0.455. The molecule has 1 saturated heterocycles. The molecule has 1 aromatic rings. The molecule has 2 nitrogen and oxygen atoms in total. The molecule has 0 aromatic heterocycles. The molecule has 1 atom stereocenters. The fourth-order valence-corrected chi connectivity index (χ4v) is 3.12. The number of rotatable bonds is 2. The third-order valence-electron chi connectivity index (χ3n) is 2.60. The van der Waals surface area contributed by atoms with E-state index in [0.29, 0.717) is 0 Å². The number of phenols is 1. The first kappa shape index (κ1) is 9.71. The molecule has 0 amide bonds. The lowest BCUT2D eigenvalue weighted by Crippen LogP contribution is -2.04. The minimum absolute atomic E-state index is 0.255. The average molecular weight is 209 g/mol. The Morgan fingerprint density at radius 3 is 3.00 bits per heavy atom. The maximum Gasteiger partial charge on any atom is 0.117 e. The van der Waals surface area contributed by atoms with Gasteiger partial charge in [0.2, 0.25) is 0 Å². The number of benzene rings is 1. The van der Waals surface area contributed by atoms with Crippen LogP contribution in [0, 0.1) is 0 Å². The largest absolute Gasteiger partial charge is 0.508 e. The van der Waals surface area contributed by atoms with Crippen molar-refractivity contribution in [2.45, 2.75) is 24.5 Å². The van der Waals surface area contributed by atoms with E-state index in [4.69, 9.17) is 5.73 Å². The minimum Gasteiger partial charge on any atom is -0.508 e. The van der Waals surface area contributed by atoms with Crippen LogP contribution in [0.2, 0.25) is 0 Å². The molecule has 1 heterocycles. The Hall–Kier alpha value is -0.830. The van der Waals surface area contributed by atoms with Crippen LogP contribution in [0.25, 0.3) is 0 Å². The Labute approximate surface area is 88.5 Å². The summed E-state index contributed by atoms with van der Waals surface area (Å²) in [5, 5.41) is 9.94. The SMILES string of the molecule is Nc1cc(O)ccc1CC1CCCS1. The second kappa shape index (κ2) is 4.13. The van der Waals surface area contributed by atoms with Gasteiger partial charge in [0.05, 0.1) is 0 Å². The van der Waals surface area contributed by atoms with Gasteiger partial charge >= 0.3 is 0 Å². The number of nitrogen functional groups attached to an aromatic ring is 1. The molecular formula is C11H15NOS. The molecule has 0 bridgehead atoms. The molecule has 0 spiro atoms. The first-order chi connectivity index (χ1) is 6.75. The van der Waals surface area contributed by atoms with E-state index in [1.165, 1.54) is 24.2 Å². The fourth-order valence-electron chi connectivity index (χ4n) is 1.82. The maximum absolute atomic E-state index is 9.21. The van der Waals surface area contributed by atoms with E-state index in [0.717, 1.165) is 17.4 Å². The van der Waals surface area contributed by atoms with Gasteiger partial charge in [-0.2, -0.15) is 11.8 Å². The van der Waals surface area contributed by atoms with E-state index < -0.39 is 0 Å². The van der Waals surface area contributed by atoms with E-state index in [1.807, 2.05) is 17.8 Å². The maximum atomic E-state index is 9.21. The molecule has 0 radical (unpaired) electrons. The summed E-state index contributed by atoms with van der Waals surface area (Å²) in [6.07, 6.45) is 3.66. The minimum atomic E-state index is 0.255. The quantitative estimate of drug-likeness (QED) is 0.735. The molecule has 2 rings (SSSR count). The Bertz CT molecular complexity index is 321. The summed E-state index contributed by atoms with van der Waals surface area (Å²) < 4.78 is 0. The first-order valence-electron chi connectivity index (χ1n) is 4.94. The van der Waals surface area contributed by atoms with Gasteiger partial charge in [0.25, 0.3) is 0 Å². The van der Waals surface area contributed by atoms with Crippen LogP contribution in [0.5, 0.6) is 5.75 Å². The Morgan fingerprint density at radius 2 is 2.36 bits per heavy atom. The van der Waals surface area contributed by atoms with E-state index >= 15 is 0 Å². The summed E-state index contributed by atoms with van der Waals surface area (Å²) in [4.78, 5) is 0. The number of nitrogens with two attached hydrogens (primary N) is 1. The van der Waals surface area contributed by atoms with Crippen molar-refractivity contribution in [3.63, 3.8) is 0 Å². The van der Waals surface area contributed by atoms with Gasteiger partial charge in [-0.1, -0.05) is 6.07 Å². The van der Waals surface area contributed by atoms with Crippen LogP contribution >= 0.6 is 11.8 Å². The van der Waals surface area contributed by atoms with Crippen LogP contribution in [0.1, 0.15) is 18.4 Å². The van der Waals surface area contributed by atoms with Gasteiger partial charge in [-0.3, -0.25) is 0 Å². The summed E-state index contributed by atoms with van der Waals surface area (Å²) in [5.74, 6) is 1.54. The molecule has 1 fully saturated rings. The Morgan fingerprint density at radius 1 is 1.50 bits per heavy atom. The topological polar surface area (TPSA) is 46.2 Å². The number of phenolic OH excluding ortho intramolecular Hbond substituents is 1. The van der Waals surface area contributed by atoms with Crippen LogP contribution in [-0.2, 0) is 6.42 Å². The van der Waals surface area contributed by atoms with Crippen molar-refractivity contribution in [3.05, 3.63) is 23.8 Å². The Kier molecular flexibility index (Phi) is 2.87. The van der Waals surface area contributed by atoms with Crippen molar-refractivity contribution < 1.29 is 5.11 Å². The predicted octanol–water partition coefficient (Wildman–Crippen LogP) is 2.41. The molecule has 1 aliphatic heterocycles. The molecule has 3 heteroatoms. The highest BCUT2D eigenvalue weighted by atomic mass is 32.2. The summed E-state index contributed by atoms with van der Waals surface area (Å²) in [5.41, 5.74) is 7.72. The second-order valence-electron chi connectivity index (χ2n) is 3.72. The number of hydrogen-bond donors (Lipinski definition) is 2. The zero-order chi connectivity index (χ0) is 9.97. The standard InChI is InChI=1S/C11H15NOS/c12-11-7-9(13)4-3-8(11)6-10-2-1-5-14-10/h3-4,7,10,13H,1-2,5-6,12H2. The number of thioether (sulfide) groups is 1.